The number of aromatic amines is 1. The van der Waals surface area contributed by atoms with Gasteiger partial charge in [-0.2, -0.15) is 0 Å². The number of amides is 2. The van der Waals surface area contributed by atoms with Crippen molar-refractivity contribution in [1.82, 2.24) is 24.9 Å². The van der Waals surface area contributed by atoms with Crippen molar-refractivity contribution in [3.63, 3.8) is 0 Å². The van der Waals surface area contributed by atoms with Gasteiger partial charge in [-0.1, -0.05) is 64.1 Å². The summed E-state index contributed by atoms with van der Waals surface area (Å²) >= 11 is 0. The third kappa shape index (κ3) is 5.34. The number of allylic oxidation sites excluding steroid dienone is 1. The first kappa shape index (κ1) is 31.9. The number of H-pyrrole nitrogens is 1. The Morgan fingerprint density at radius 3 is 2.56 bits per heavy atom. The SMILES string of the molecule is CC(C)[C@H](NC(=O)Cc1cnc[nH]1)C(=O)NC[C@]1(O)C[C@H]2CC[C@]1(CS(=O)(=O)N1CCC3(C=Cc4ccccc43)CC1)C2(C)C. The molecule has 2 bridgehead atoms. The average molecular weight is 638 g/mol. The maximum Gasteiger partial charge on any atom is 0.242 e. The molecule has 2 saturated carbocycles. The number of aliphatic hydroxyl groups is 1. The third-order valence-electron chi connectivity index (χ3n) is 11.9. The first-order chi connectivity index (χ1) is 21.2. The number of piperidine rings is 1. The lowest BCUT2D eigenvalue weighted by Crippen LogP contribution is -2.61. The quantitative estimate of drug-likeness (QED) is 0.315. The van der Waals surface area contributed by atoms with Crippen molar-refractivity contribution in [1.29, 1.82) is 0 Å². The van der Waals surface area contributed by atoms with Crippen LogP contribution in [0.25, 0.3) is 6.08 Å². The van der Waals surface area contributed by atoms with Crippen molar-refractivity contribution in [2.45, 2.75) is 83.3 Å². The Bertz CT molecular complexity index is 1580. The molecular weight excluding hydrogens is 590 g/mol. The predicted octanol–water partition coefficient (Wildman–Crippen LogP) is 3.16. The van der Waals surface area contributed by atoms with Gasteiger partial charge in [0.25, 0.3) is 0 Å². The molecule has 1 aromatic heterocycles. The lowest BCUT2D eigenvalue weighted by Gasteiger charge is -2.49. The summed E-state index contributed by atoms with van der Waals surface area (Å²) in [5.74, 6) is -0.893. The van der Waals surface area contributed by atoms with Gasteiger partial charge in [0.1, 0.15) is 6.04 Å². The van der Waals surface area contributed by atoms with E-state index in [2.05, 4.69) is 58.7 Å². The highest BCUT2D eigenvalue weighted by Crippen LogP contribution is 2.70. The molecule has 4 atom stereocenters. The molecule has 6 rings (SSSR count). The highest BCUT2D eigenvalue weighted by atomic mass is 32.2. The van der Waals surface area contributed by atoms with Crippen LogP contribution in [0.4, 0.5) is 0 Å². The maximum absolute atomic E-state index is 14.2. The van der Waals surface area contributed by atoms with Crippen molar-refractivity contribution in [3.05, 3.63) is 59.7 Å². The molecule has 0 unspecified atom stereocenters. The molecule has 2 aromatic rings. The largest absolute Gasteiger partial charge is 0.387 e. The molecule has 3 aliphatic carbocycles. The fourth-order valence-electron chi connectivity index (χ4n) is 9.01. The third-order valence-corrected chi connectivity index (χ3v) is 13.9. The van der Waals surface area contributed by atoms with Crippen LogP contribution < -0.4 is 10.6 Å². The normalized spacial score (nSPS) is 28.8. The van der Waals surface area contributed by atoms with Crippen LogP contribution in [0.3, 0.4) is 0 Å². The Balaban J connectivity index is 1.15. The van der Waals surface area contributed by atoms with Gasteiger partial charge in [0, 0.05) is 42.4 Å². The molecule has 10 nitrogen and oxygen atoms in total. The molecule has 2 amide bonds. The molecule has 11 heteroatoms. The summed E-state index contributed by atoms with van der Waals surface area (Å²) in [5.41, 5.74) is 0.263. The van der Waals surface area contributed by atoms with Crippen LogP contribution in [0.5, 0.6) is 0 Å². The number of nitrogens with one attached hydrogen (secondary N) is 3. The number of hydrogen-bond acceptors (Lipinski definition) is 6. The number of imidazole rings is 1. The second-order valence-electron chi connectivity index (χ2n) is 14.8. The molecule has 1 saturated heterocycles. The number of sulfonamides is 1. The Morgan fingerprint density at radius 1 is 1.16 bits per heavy atom. The zero-order valence-corrected chi connectivity index (χ0v) is 27.6. The van der Waals surface area contributed by atoms with E-state index in [1.54, 1.807) is 10.5 Å². The van der Waals surface area contributed by atoms with Crippen LogP contribution in [-0.4, -0.2) is 76.6 Å². The summed E-state index contributed by atoms with van der Waals surface area (Å²) in [4.78, 5) is 33.0. The molecular formula is C34H47N5O5S. The average Bonchev–Trinajstić information content (AvgIpc) is 3.72. The van der Waals surface area contributed by atoms with E-state index in [9.17, 15) is 23.1 Å². The monoisotopic (exact) mass is 637 g/mol. The molecule has 1 aromatic carbocycles. The molecule has 2 heterocycles. The number of carbonyl (C=O) groups excluding carboxylic acids is 2. The Kier molecular flexibility index (Phi) is 8.05. The highest BCUT2D eigenvalue weighted by Gasteiger charge is 2.72. The molecule has 3 fully saturated rings. The van der Waals surface area contributed by atoms with E-state index in [4.69, 9.17) is 0 Å². The van der Waals surface area contributed by atoms with Crippen LogP contribution >= 0.6 is 0 Å². The molecule has 0 radical (unpaired) electrons. The summed E-state index contributed by atoms with van der Waals surface area (Å²) < 4.78 is 30.0. The standard InChI is InChI=1S/C34H47N5O5S/c1-23(2)29(38-28(40)17-26-19-35-22-37-26)30(41)36-20-34(42)18-25-10-12-33(34,31(25,3)4)21-45(43,44)39-15-13-32(14-16-39)11-9-24-7-5-6-8-27(24)32/h5-9,11,19,22-23,25,29,42H,10,12-18,20-21H2,1-4H3,(H,35,37)(H,36,41)(H,38,40)/t25-,29+,33+,34-/m1/s1. The maximum atomic E-state index is 14.2. The van der Waals surface area contributed by atoms with Crippen LogP contribution in [0, 0.1) is 22.7 Å². The number of fused-ring (bicyclic) bond motifs is 4. The van der Waals surface area contributed by atoms with Gasteiger partial charge in [-0.25, -0.2) is 17.7 Å². The van der Waals surface area contributed by atoms with Gasteiger partial charge in [0.15, 0.2) is 0 Å². The first-order valence-corrected chi connectivity index (χ1v) is 17.9. The summed E-state index contributed by atoms with van der Waals surface area (Å²) in [6, 6.07) is 7.55. The van der Waals surface area contributed by atoms with Gasteiger partial charge in [0.05, 0.1) is 24.1 Å². The Morgan fingerprint density at radius 2 is 1.89 bits per heavy atom. The Hall–Kier alpha value is -3.02. The fraction of sp³-hybridized carbons (Fsp3) is 0.618. The molecule has 1 spiro atoms. The number of carbonyl (C=O) groups is 2. The van der Waals surface area contributed by atoms with Gasteiger partial charge >= 0.3 is 0 Å². The predicted molar refractivity (Wildman–Crippen MR) is 172 cm³/mol. The van der Waals surface area contributed by atoms with E-state index >= 15 is 0 Å². The summed E-state index contributed by atoms with van der Waals surface area (Å²) in [5, 5.41) is 18.1. The Labute approximate surface area is 266 Å². The van der Waals surface area contributed by atoms with E-state index in [1.807, 2.05) is 26.0 Å². The minimum atomic E-state index is -3.71. The highest BCUT2D eigenvalue weighted by molar-refractivity contribution is 7.89. The second kappa shape index (κ2) is 11.3. The molecule has 1 aliphatic heterocycles. The lowest BCUT2D eigenvalue weighted by atomic mass is 9.64. The summed E-state index contributed by atoms with van der Waals surface area (Å²) in [7, 11) is -3.71. The van der Waals surface area contributed by atoms with Crippen LogP contribution in [0.15, 0.2) is 42.9 Å². The zero-order valence-electron chi connectivity index (χ0n) is 26.8. The minimum Gasteiger partial charge on any atom is -0.387 e. The number of rotatable bonds is 10. The molecule has 244 valence electrons. The molecule has 45 heavy (non-hydrogen) atoms. The van der Waals surface area contributed by atoms with Gasteiger partial charge in [-0.3, -0.25) is 9.59 Å². The van der Waals surface area contributed by atoms with E-state index in [1.165, 1.54) is 17.5 Å². The van der Waals surface area contributed by atoms with E-state index in [-0.39, 0.29) is 47.8 Å². The van der Waals surface area contributed by atoms with Crippen LogP contribution in [0.1, 0.15) is 76.6 Å². The number of aromatic nitrogens is 2. The van der Waals surface area contributed by atoms with Crippen molar-refractivity contribution in [2.75, 3.05) is 25.4 Å². The minimum absolute atomic E-state index is 0.0639. The van der Waals surface area contributed by atoms with Crippen molar-refractivity contribution < 1.29 is 23.1 Å². The summed E-state index contributed by atoms with van der Waals surface area (Å²) in [6.07, 6.45) is 10.8. The van der Waals surface area contributed by atoms with Gasteiger partial charge < -0.3 is 20.7 Å². The van der Waals surface area contributed by atoms with Gasteiger partial charge in [0.2, 0.25) is 21.8 Å². The first-order valence-electron chi connectivity index (χ1n) is 16.3. The topological polar surface area (TPSA) is 144 Å². The van der Waals surface area contributed by atoms with Gasteiger partial charge in [-0.15, -0.1) is 0 Å². The second-order valence-corrected chi connectivity index (χ2v) is 16.7. The van der Waals surface area contributed by atoms with Crippen molar-refractivity contribution in [3.8, 4) is 0 Å². The lowest BCUT2D eigenvalue weighted by molar-refractivity contribution is -0.132. The van der Waals surface area contributed by atoms with Crippen molar-refractivity contribution in [2.24, 2.45) is 22.7 Å². The number of hydrogen-bond donors (Lipinski definition) is 4. The van der Waals surface area contributed by atoms with Crippen LogP contribution in [-0.2, 0) is 31.4 Å². The molecule has 4 aliphatic rings. The van der Waals surface area contributed by atoms with Crippen LogP contribution in [0.2, 0.25) is 0 Å². The number of nitrogens with zero attached hydrogens (tertiary/aromatic N) is 2. The van der Waals surface area contributed by atoms with Crippen molar-refractivity contribution >= 4 is 27.9 Å². The van der Waals surface area contributed by atoms with E-state index in [0.717, 1.165) is 19.3 Å². The smallest absolute Gasteiger partial charge is 0.242 e. The van der Waals surface area contributed by atoms with E-state index < -0.39 is 32.5 Å². The zero-order chi connectivity index (χ0) is 32.3. The number of benzene rings is 1. The fourth-order valence-corrected chi connectivity index (χ4v) is 11.3. The van der Waals surface area contributed by atoms with E-state index in [0.29, 0.717) is 31.6 Å². The molecule has 4 N–H and O–H groups in total. The summed E-state index contributed by atoms with van der Waals surface area (Å²) in [6.45, 7) is 8.68. The van der Waals surface area contributed by atoms with Gasteiger partial charge in [-0.05, 0) is 60.5 Å².